The first-order valence-corrected chi connectivity index (χ1v) is 9.08. The molecule has 5 nitrogen and oxygen atoms in total. The van der Waals surface area contributed by atoms with Crippen LogP contribution in [-0.2, 0) is 4.79 Å². The lowest BCUT2D eigenvalue weighted by atomic mass is 10.1. The molecule has 0 fully saturated rings. The van der Waals surface area contributed by atoms with E-state index >= 15 is 0 Å². The number of hydrogen-bond acceptors (Lipinski definition) is 4. The maximum Gasteiger partial charge on any atom is 0.230 e. The van der Waals surface area contributed by atoms with Crippen LogP contribution >= 0.6 is 11.8 Å². The number of halogens is 1. The fraction of sp³-hybridized carbons (Fsp3) is 0.278. The molecular formula is C18H19FN4OS. The molecule has 0 unspecified atom stereocenters. The molecule has 2 heterocycles. The number of carbonyl (C=O) groups is 1. The first kappa shape index (κ1) is 17.4. The van der Waals surface area contributed by atoms with E-state index in [9.17, 15) is 9.18 Å². The summed E-state index contributed by atoms with van der Waals surface area (Å²) in [5, 5.41) is 8.12. The van der Waals surface area contributed by atoms with Gasteiger partial charge in [0.2, 0.25) is 5.91 Å². The van der Waals surface area contributed by atoms with Crippen LogP contribution in [0.5, 0.6) is 0 Å². The molecule has 1 N–H and O–H groups in total. The van der Waals surface area contributed by atoms with Gasteiger partial charge in [-0.15, -0.1) is 0 Å². The van der Waals surface area contributed by atoms with E-state index in [0.29, 0.717) is 17.9 Å². The maximum atomic E-state index is 13.2. The molecule has 0 spiro atoms. The topological polar surface area (TPSA) is 59.3 Å². The van der Waals surface area contributed by atoms with Crippen LogP contribution in [0.4, 0.5) is 4.39 Å². The number of hydrogen-bond donors (Lipinski definition) is 1. The molecular weight excluding hydrogens is 339 g/mol. The first-order chi connectivity index (χ1) is 12.1. The summed E-state index contributed by atoms with van der Waals surface area (Å²) in [4.78, 5) is 16.4. The molecule has 0 atom stereocenters. The fourth-order valence-corrected chi connectivity index (χ4v) is 3.33. The Balaban J connectivity index is 1.90. The number of nitrogens with zero attached hydrogens (tertiary/aromatic N) is 3. The minimum absolute atomic E-state index is 0.000351. The van der Waals surface area contributed by atoms with Gasteiger partial charge in [-0.1, -0.05) is 30.8 Å². The van der Waals surface area contributed by atoms with Crippen molar-refractivity contribution < 1.29 is 9.18 Å². The number of thioether (sulfide) groups is 1. The van der Waals surface area contributed by atoms with Crippen LogP contribution in [0.3, 0.4) is 0 Å². The first-order valence-electron chi connectivity index (χ1n) is 8.09. The number of fused-ring (bicyclic) bond motifs is 1. The summed E-state index contributed by atoms with van der Waals surface area (Å²) in [5.74, 6) is 0.0451. The minimum Gasteiger partial charge on any atom is -0.355 e. The Kier molecular flexibility index (Phi) is 5.33. The third-order valence-electron chi connectivity index (χ3n) is 3.65. The molecule has 0 aliphatic rings. The summed E-state index contributed by atoms with van der Waals surface area (Å²) in [6.45, 7) is 4.60. The molecule has 3 aromatic rings. The van der Waals surface area contributed by atoms with Crippen LogP contribution in [0.25, 0.3) is 16.8 Å². The Morgan fingerprint density at radius 2 is 2.08 bits per heavy atom. The lowest BCUT2D eigenvalue weighted by molar-refractivity contribution is -0.118. The van der Waals surface area contributed by atoms with Gasteiger partial charge < -0.3 is 5.32 Å². The second kappa shape index (κ2) is 7.65. The number of benzene rings is 1. The molecule has 0 bridgehead atoms. The molecule has 130 valence electrons. The average Bonchev–Trinajstić information content (AvgIpc) is 3.02. The predicted molar refractivity (Wildman–Crippen MR) is 97.1 cm³/mol. The molecule has 0 radical (unpaired) electrons. The van der Waals surface area contributed by atoms with E-state index in [1.807, 2.05) is 19.9 Å². The lowest BCUT2D eigenvalue weighted by Crippen LogP contribution is -2.25. The third kappa shape index (κ3) is 3.99. The Labute approximate surface area is 149 Å². The minimum atomic E-state index is -0.279. The zero-order valence-electron chi connectivity index (χ0n) is 14.1. The van der Waals surface area contributed by atoms with Gasteiger partial charge in [-0.05, 0) is 37.1 Å². The van der Waals surface area contributed by atoms with E-state index in [4.69, 9.17) is 0 Å². The number of rotatable bonds is 6. The quantitative estimate of drug-likeness (QED) is 0.541. The van der Waals surface area contributed by atoms with Crippen molar-refractivity contribution in [2.75, 3.05) is 12.3 Å². The van der Waals surface area contributed by atoms with Crippen molar-refractivity contribution in [1.29, 1.82) is 0 Å². The molecule has 2 aromatic heterocycles. The molecule has 0 aliphatic heterocycles. The van der Waals surface area contributed by atoms with Crippen molar-refractivity contribution in [3.8, 4) is 11.1 Å². The van der Waals surface area contributed by atoms with Gasteiger partial charge in [0.25, 0.3) is 0 Å². The largest absolute Gasteiger partial charge is 0.355 e. The zero-order chi connectivity index (χ0) is 17.8. The summed E-state index contributed by atoms with van der Waals surface area (Å²) >= 11 is 1.42. The van der Waals surface area contributed by atoms with Gasteiger partial charge in [-0.3, -0.25) is 4.79 Å². The Morgan fingerprint density at radius 3 is 2.80 bits per heavy atom. The molecule has 3 rings (SSSR count). The molecule has 0 saturated carbocycles. The molecule has 7 heteroatoms. The van der Waals surface area contributed by atoms with Crippen molar-refractivity contribution in [2.45, 2.75) is 25.3 Å². The van der Waals surface area contributed by atoms with E-state index < -0.39 is 0 Å². The van der Waals surface area contributed by atoms with Gasteiger partial charge in [0.1, 0.15) is 10.8 Å². The summed E-state index contributed by atoms with van der Waals surface area (Å²) < 4.78 is 14.9. The monoisotopic (exact) mass is 358 g/mol. The number of amides is 1. The average molecular weight is 358 g/mol. The van der Waals surface area contributed by atoms with Crippen LogP contribution < -0.4 is 5.32 Å². The lowest BCUT2D eigenvalue weighted by Gasteiger charge is -2.07. The second-order valence-corrected chi connectivity index (χ2v) is 6.67. The summed E-state index contributed by atoms with van der Waals surface area (Å²) in [5.41, 5.74) is 3.23. The van der Waals surface area contributed by atoms with Gasteiger partial charge in [0, 0.05) is 17.8 Å². The highest BCUT2D eigenvalue weighted by molar-refractivity contribution is 7.99. The van der Waals surface area contributed by atoms with Crippen molar-refractivity contribution in [2.24, 2.45) is 0 Å². The summed E-state index contributed by atoms with van der Waals surface area (Å²) in [7, 11) is 0. The SMILES string of the molecule is CCCNC(=O)CSc1cc(C)nc2c(-c3ccc(F)cc3)cnn12. The van der Waals surface area contributed by atoms with E-state index in [1.54, 1.807) is 22.8 Å². The number of aromatic nitrogens is 3. The zero-order valence-corrected chi connectivity index (χ0v) is 14.9. The van der Waals surface area contributed by atoms with Gasteiger partial charge in [-0.2, -0.15) is 5.10 Å². The van der Waals surface area contributed by atoms with Crippen LogP contribution in [0, 0.1) is 12.7 Å². The highest BCUT2D eigenvalue weighted by atomic mass is 32.2. The third-order valence-corrected chi connectivity index (χ3v) is 4.64. The normalized spacial score (nSPS) is 11.0. The van der Waals surface area contributed by atoms with Gasteiger partial charge >= 0.3 is 0 Å². The van der Waals surface area contributed by atoms with E-state index in [2.05, 4.69) is 15.4 Å². The van der Waals surface area contributed by atoms with Gasteiger partial charge in [-0.25, -0.2) is 13.9 Å². The predicted octanol–water partition coefficient (Wildman–Crippen LogP) is 3.46. The van der Waals surface area contributed by atoms with E-state index in [1.165, 1.54) is 23.9 Å². The van der Waals surface area contributed by atoms with Crippen molar-refractivity contribution >= 4 is 23.3 Å². The highest BCUT2D eigenvalue weighted by Gasteiger charge is 2.13. The van der Waals surface area contributed by atoms with Crippen molar-refractivity contribution in [1.82, 2.24) is 19.9 Å². The summed E-state index contributed by atoms with van der Waals surface area (Å²) in [6, 6.07) is 8.17. The Morgan fingerprint density at radius 1 is 1.32 bits per heavy atom. The van der Waals surface area contributed by atoms with E-state index in [0.717, 1.165) is 28.3 Å². The molecule has 0 saturated heterocycles. The van der Waals surface area contributed by atoms with Crippen LogP contribution in [0.1, 0.15) is 19.0 Å². The van der Waals surface area contributed by atoms with Gasteiger partial charge in [0.05, 0.1) is 11.9 Å². The second-order valence-electron chi connectivity index (χ2n) is 5.67. The Bertz CT molecular complexity index is 892. The number of nitrogens with one attached hydrogen (secondary N) is 1. The smallest absolute Gasteiger partial charge is 0.230 e. The molecule has 1 aromatic carbocycles. The Hall–Kier alpha value is -2.41. The van der Waals surface area contributed by atoms with E-state index in [-0.39, 0.29) is 11.7 Å². The number of aryl methyl sites for hydroxylation is 1. The fourth-order valence-electron chi connectivity index (χ4n) is 2.44. The standard InChI is InChI=1S/C18H19FN4OS/c1-3-8-20-16(24)11-25-17-9-12(2)22-18-15(10-21-23(17)18)13-4-6-14(19)7-5-13/h4-7,9-10H,3,8,11H2,1-2H3,(H,20,24). The van der Waals surface area contributed by atoms with Crippen LogP contribution in [-0.4, -0.2) is 32.8 Å². The maximum absolute atomic E-state index is 13.2. The molecule has 0 aliphatic carbocycles. The number of carbonyl (C=O) groups excluding carboxylic acids is 1. The van der Waals surface area contributed by atoms with Crippen LogP contribution in [0.15, 0.2) is 41.6 Å². The summed E-state index contributed by atoms with van der Waals surface area (Å²) in [6.07, 6.45) is 2.63. The molecule has 1 amide bonds. The van der Waals surface area contributed by atoms with Crippen molar-refractivity contribution in [3.05, 3.63) is 48.0 Å². The highest BCUT2D eigenvalue weighted by Crippen LogP contribution is 2.27. The van der Waals surface area contributed by atoms with Crippen LogP contribution in [0.2, 0.25) is 0 Å². The van der Waals surface area contributed by atoms with Crippen molar-refractivity contribution in [3.63, 3.8) is 0 Å². The van der Waals surface area contributed by atoms with Gasteiger partial charge in [0.15, 0.2) is 5.65 Å². The molecule has 25 heavy (non-hydrogen) atoms.